The van der Waals surface area contributed by atoms with Crippen molar-refractivity contribution >= 4 is 22.5 Å². The Morgan fingerprint density at radius 2 is 2.22 bits per heavy atom. The second-order valence-electron chi connectivity index (χ2n) is 5.10. The number of rotatable bonds is 7. The second-order valence-corrected chi connectivity index (χ2v) is 6.13. The molecule has 0 unspecified atom stereocenters. The summed E-state index contributed by atoms with van der Waals surface area (Å²) in [5.74, 6) is 0. The number of amides is 2. The Kier molecular flexibility index (Phi) is 6.52. The molecule has 2 rings (SSSR count). The van der Waals surface area contributed by atoms with Crippen LogP contribution in [0.15, 0.2) is 30.5 Å². The quantitative estimate of drug-likeness (QED) is 0.726. The molecular weight excluding hydrogens is 314 g/mol. The second kappa shape index (κ2) is 8.61. The van der Waals surface area contributed by atoms with E-state index >= 15 is 0 Å². The van der Waals surface area contributed by atoms with E-state index in [0.29, 0.717) is 18.2 Å². The number of thiazole rings is 1. The van der Waals surface area contributed by atoms with E-state index in [-0.39, 0.29) is 18.7 Å². The number of methoxy groups -OCH3 is 1. The Balaban J connectivity index is 1.96. The van der Waals surface area contributed by atoms with Gasteiger partial charge in [-0.05, 0) is 24.5 Å². The summed E-state index contributed by atoms with van der Waals surface area (Å²) in [6, 6.07) is 7.30. The molecule has 0 radical (unpaired) electrons. The van der Waals surface area contributed by atoms with Gasteiger partial charge in [0, 0.05) is 19.9 Å². The third-order valence-corrected chi connectivity index (χ3v) is 4.31. The summed E-state index contributed by atoms with van der Waals surface area (Å²) in [6.45, 7) is 2.37. The molecule has 0 bridgehead atoms. The Bertz CT molecular complexity index is 645. The van der Waals surface area contributed by atoms with Gasteiger partial charge in [0.2, 0.25) is 0 Å². The first-order valence-electron chi connectivity index (χ1n) is 7.33. The van der Waals surface area contributed by atoms with Gasteiger partial charge in [-0.3, -0.25) is 5.32 Å². The zero-order valence-electron chi connectivity index (χ0n) is 13.2. The van der Waals surface area contributed by atoms with Crippen molar-refractivity contribution in [1.29, 1.82) is 0 Å². The number of aliphatic hydroxyl groups is 1. The minimum Gasteiger partial charge on any atom is -0.394 e. The van der Waals surface area contributed by atoms with Crippen molar-refractivity contribution in [3.05, 3.63) is 36.0 Å². The normalized spacial score (nSPS) is 12.0. The maximum absolute atomic E-state index is 12.0. The van der Waals surface area contributed by atoms with Gasteiger partial charge >= 0.3 is 6.03 Å². The van der Waals surface area contributed by atoms with Gasteiger partial charge in [0.05, 0.1) is 17.5 Å². The zero-order chi connectivity index (χ0) is 16.7. The van der Waals surface area contributed by atoms with Crippen molar-refractivity contribution in [2.24, 2.45) is 0 Å². The van der Waals surface area contributed by atoms with Crippen LogP contribution in [0.5, 0.6) is 0 Å². The fraction of sp³-hybridized carbons (Fsp3) is 0.375. The highest BCUT2D eigenvalue weighted by Gasteiger charge is 2.13. The number of aromatic nitrogens is 1. The number of nitrogens with one attached hydrogen (secondary N) is 2. The van der Waals surface area contributed by atoms with Crippen molar-refractivity contribution in [1.82, 2.24) is 10.3 Å². The predicted octanol–water partition coefficient (Wildman–Crippen LogP) is 2.64. The number of benzene rings is 1. The summed E-state index contributed by atoms with van der Waals surface area (Å²) < 4.78 is 4.94. The molecule has 0 spiro atoms. The molecule has 1 heterocycles. The number of urea groups is 1. The summed E-state index contributed by atoms with van der Waals surface area (Å²) in [4.78, 5) is 17.2. The number of aliphatic hydroxyl groups excluding tert-OH is 1. The Morgan fingerprint density at radius 1 is 1.43 bits per heavy atom. The number of carbonyl (C=O) groups is 1. The first-order valence-corrected chi connectivity index (χ1v) is 8.15. The van der Waals surface area contributed by atoms with Crippen molar-refractivity contribution in [3.63, 3.8) is 0 Å². The summed E-state index contributed by atoms with van der Waals surface area (Å²) >= 11 is 1.41. The molecule has 0 aliphatic carbocycles. The zero-order valence-corrected chi connectivity index (χ0v) is 14.0. The number of anilines is 1. The fourth-order valence-corrected chi connectivity index (χ4v) is 3.00. The number of hydrogen-bond donors (Lipinski definition) is 3. The monoisotopic (exact) mass is 335 g/mol. The Labute approximate surface area is 139 Å². The lowest BCUT2D eigenvalue weighted by molar-refractivity contribution is 0.161. The summed E-state index contributed by atoms with van der Waals surface area (Å²) in [5.41, 5.74) is 2.26. The maximum Gasteiger partial charge on any atom is 0.321 e. The molecule has 0 fully saturated rings. The molecule has 6 nitrogen and oxygen atoms in total. The molecule has 124 valence electrons. The van der Waals surface area contributed by atoms with Crippen LogP contribution in [0.1, 0.15) is 12.0 Å². The van der Waals surface area contributed by atoms with Crippen LogP contribution in [-0.2, 0) is 4.74 Å². The van der Waals surface area contributed by atoms with E-state index in [1.807, 2.05) is 31.2 Å². The minimum atomic E-state index is -0.383. The molecule has 7 heteroatoms. The summed E-state index contributed by atoms with van der Waals surface area (Å²) in [5, 5.41) is 15.2. The molecular formula is C16H21N3O3S. The number of hydrogen-bond acceptors (Lipinski definition) is 5. The largest absolute Gasteiger partial charge is 0.394 e. The van der Waals surface area contributed by atoms with Gasteiger partial charge in [-0.2, -0.15) is 0 Å². The highest BCUT2D eigenvalue weighted by atomic mass is 32.1. The summed E-state index contributed by atoms with van der Waals surface area (Å²) in [6.07, 6.45) is 2.30. The maximum atomic E-state index is 12.0. The molecule has 1 aromatic heterocycles. The van der Waals surface area contributed by atoms with Gasteiger partial charge in [0.1, 0.15) is 0 Å². The van der Waals surface area contributed by atoms with E-state index in [9.17, 15) is 9.90 Å². The molecule has 1 aromatic carbocycles. The van der Waals surface area contributed by atoms with Crippen molar-refractivity contribution in [2.45, 2.75) is 19.4 Å². The standard InChI is InChI=1S/C16H21N3O3S/c1-11-5-3-4-6-13(11)14-9-17-16(23-14)19-15(21)18-12(10-20)7-8-22-2/h3-6,9,12,20H,7-8,10H2,1-2H3,(H2,17,18,19,21)/t12-/m0/s1. The number of nitrogens with zero attached hydrogens (tertiary/aromatic N) is 1. The molecule has 2 aromatic rings. The lowest BCUT2D eigenvalue weighted by Gasteiger charge is -2.15. The Morgan fingerprint density at radius 3 is 2.91 bits per heavy atom. The van der Waals surface area contributed by atoms with Gasteiger partial charge < -0.3 is 15.2 Å². The topological polar surface area (TPSA) is 83.5 Å². The van der Waals surface area contributed by atoms with Crippen LogP contribution in [0.3, 0.4) is 0 Å². The first kappa shape index (κ1) is 17.4. The summed E-state index contributed by atoms with van der Waals surface area (Å²) in [7, 11) is 1.58. The lowest BCUT2D eigenvalue weighted by Crippen LogP contribution is -2.40. The molecule has 23 heavy (non-hydrogen) atoms. The van der Waals surface area contributed by atoms with Crippen LogP contribution >= 0.6 is 11.3 Å². The minimum absolute atomic E-state index is 0.136. The van der Waals surface area contributed by atoms with E-state index in [1.54, 1.807) is 13.3 Å². The van der Waals surface area contributed by atoms with Crippen LogP contribution in [0.4, 0.5) is 9.93 Å². The van der Waals surface area contributed by atoms with Crippen molar-refractivity contribution in [2.75, 3.05) is 25.6 Å². The van der Waals surface area contributed by atoms with E-state index in [2.05, 4.69) is 15.6 Å². The number of carbonyl (C=O) groups excluding carboxylic acids is 1. The van der Waals surface area contributed by atoms with Gasteiger partial charge in [0.15, 0.2) is 5.13 Å². The van der Waals surface area contributed by atoms with E-state index in [1.165, 1.54) is 11.3 Å². The number of ether oxygens (including phenoxy) is 1. The van der Waals surface area contributed by atoms with Crippen LogP contribution in [0, 0.1) is 6.92 Å². The molecule has 0 aliphatic rings. The SMILES string of the molecule is COCC[C@@H](CO)NC(=O)Nc1ncc(-c2ccccc2C)s1. The molecule has 0 saturated heterocycles. The van der Waals surface area contributed by atoms with Crippen LogP contribution in [-0.4, -0.2) is 42.5 Å². The van der Waals surface area contributed by atoms with E-state index in [4.69, 9.17) is 4.74 Å². The third kappa shape index (κ3) is 5.02. The van der Waals surface area contributed by atoms with Crippen LogP contribution in [0.25, 0.3) is 10.4 Å². The Hall–Kier alpha value is -1.96. The average molecular weight is 335 g/mol. The molecule has 1 atom stereocenters. The molecule has 2 amide bonds. The van der Waals surface area contributed by atoms with Crippen molar-refractivity contribution < 1.29 is 14.6 Å². The van der Waals surface area contributed by atoms with Crippen LogP contribution < -0.4 is 10.6 Å². The van der Waals surface area contributed by atoms with Gasteiger partial charge in [-0.1, -0.05) is 35.6 Å². The van der Waals surface area contributed by atoms with E-state index < -0.39 is 0 Å². The molecule has 0 aliphatic heterocycles. The highest BCUT2D eigenvalue weighted by molar-refractivity contribution is 7.19. The molecule has 3 N–H and O–H groups in total. The lowest BCUT2D eigenvalue weighted by atomic mass is 10.1. The predicted molar refractivity (Wildman–Crippen MR) is 91.8 cm³/mol. The van der Waals surface area contributed by atoms with Gasteiger partial charge in [-0.25, -0.2) is 9.78 Å². The van der Waals surface area contributed by atoms with Crippen molar-refractivity contribution in [3.8, 4) is 10.4 Å². The number of aryl methyl sites for hydroxylation is 1. The van der Waals surface area contributed by atoms with Gasteiger partial charge in [0.25, 0.3) is 0 Å². The smallest absolute Gasteiger partial charge is 0.321 e. The average Bonchev–Trinajstić information content (AvgIpc) is 3.00. The third-order valence-electron chi connectivity index (χ3n) is 3.36. The molecule has 0 saturated carbocycles. The first-order chi connectivity index (χ1) is 11.1. The fourth-order valence-electron chi connectivity index (χ4n) is 2.09. The highest BCUT2D eigenvalue weighted by Crippen LogP contribution is 2.30. The van der Waals surface area contributed by atoms with Crippen LogP contribution in [0.2, 0.25) is 0 Å². The van der Waals surface area contributed by atoms with E-state index in [0.717, 1.165) is 16.0 Å². The van der Waals surface area contributed by atoms with Gasteiger partial charge in [-0.15, -0.1) is 0 Å².